The van der Waals surface area contributed by atoms with Crippen LogP contribution in [0.25, 0.3) is 0 Å². The lowest BCUT2D eigenvalue weighted by molar-refractivity contribution is 0.0564. The molecule has 0 aliphatic carbocycles. The summed E-state index contributed by atoms with van der Waals surface area (Å²) < 4.78 is 0. The molecule has 1 aliphatic rings. The number of piperazine rings is 1. The van der Waals surface area contributed by atoms with Crippen molar-refractivity contribution in [2.24, 2.45) is 0 Å². The number of benzene rings is 1. The molecule has 0 saturated carbocycles. The second kappa shape index (κ2) is 6.18. The summed E-state index contributed by atoms with van der Waals surface area (Å²) in [6.07, 6.45) is 0. The Kier molecular flexibility index (Phi) is 4.57. The van der Waals surface area contributed by atoms with E-state index in [4.69, 9.17) is 5.26 Å². The van der Waals surface area contributed by atoms with E-state index >= 15 is 0 Å². The molecule has 0 aromatic heterocycles. The molecular formula is C16H23N3. The Morgan fingerprint density at radius 1 is 1.37 bits per heavy atom. The molecule has 0 bridgehead atoms. The Labute approximate surface area is 116 Å². The van der Waals surface area contributed by atoms with Gasteiger partial charge >= 0.3 is 0 Å². The van der Waals surface area contributed by atoms with Gasteiger partial charge in [-0.15, -0.1) is 0 Å². The van der Waals surface area contributed by atoms with Crippen LogP contribution in [0.5, 0.6) is 0 Å². The van der Waals surface area contributed by atoms with E-state index in [0.717, 1.165) is 31.7 Å². The lowest BCUT2D eigenvalue weighted by Crippen LogP contribution is -2.53. The molecule has 1 heterocycles. The standard InChI is InChI=1S/C16H23N3/c1-13(2)19-8-7-18(11-14(19)3)12-16-6-4-5-15(9-16)10-17/h4-6,9,13-14H,7-8,11-12H2,1-3H3/t14-/m0/s1. The van der Waals surface area contributed by atoms with Crippen LogP contribution in [0, 0.1) is 11.3 Å². The van der Waals surface area contributed by atoms with Gasteiger partial charge in [0.05, 0.1) is 11.6 Å². The minimum atomic E-state index is 0.605. The molecule has 0 N–H and O–H groups in total. The lowest BCUT2D eigenvalue weighted by atomic mass is 10.1. The van der Waals surface area contributed by atoms with Crippen molar-refractivity contribution in [2.45, 2.75) is 39.4 Å². The van der Waals surface area contributed by atoms with Gasteiger partial charge in [-0.1, -0.05) is 12.1 Å². The quantitative estimate of drug-likeness (QED) is 0.833. The summed E-state index contributed by atoms with van der Waals surface area (Å²) in [5, 5.41) is 8.94. The number of rotatable bonds is 3. The van der Waals surface area contributed by atoms with Crippen LogP contribution in [-0.4, -0.2) is 41.5 Å². The maximum absolute atomic E-state index is 8.94. The molecule has 2 rings (SSSR count). The molecule has 3 nitrogen and oxygen atoms in total. The van der Waals surface area contributed by atoms with Crippen LogP contribution in [0.2, 0.25) is 0 Å². The zero-order valence-electron chi connectivity index (χ0n) is 12.1. The van der Waals surface area contributed by atoms with E-state index in [1.54, 1.807) is 0 Å². The fraction of sp³-hybridized carbons (Fsp3) is 0.562. The topological polar surface area (TPSA) is 30.3 Å². The summed E-state index contributed by atoms with van der Waals surface area (Å²) in [4.78, 5) is 5.04. The van der Waals surface area contributed by atoms with Crippen molar-refractivity contribution in [1.82, 2.24) is 9.80 Å². The Morgan fingerprint density at radius 2 is 2.16 bits per heavy atom. The van der Waals surface area contributed by atoms with Crippen LogP contribution in [0.4, 0.5) is 0 Å². The fourth-order valence-electron chi connectivity index (χ4n) is 2.96. The van der Waals surface area contributed by atoms with E-state index in [1.165, 1.54) is 5.56 Å². The monoisotopic (exact) mass is 257 g/mol. The van der Waals surface area contributed by atoms with Crippen molar-refractivity contribution in [3.63, 3.8) is 0 Å². The molecule has 1 saturated heterocycles. The highest BCUT2D eigenvalue weighted by Crippen LogP contribution is 2.15. The van der Waals surface area contributed by atoms with Crippen LogP contribution >= 0.6 is 0 Å². The van der Waals surface area contributed by atoms with Gasteiger partial charge in [-0.2, -0.15) is 5.26 Å². The highest BCUT2D eigenvalue weighted by molar-refractivity contribution is 5.32. The zero-order valence-corrected chi connectivity index (χ0v) is 12.1. The van der Waals surface area contributed by atoms with E-state index in [0.29, 0.717) is 12.1 Å². The highest BCUT2D eigenvalue weighted by Gasteiger charge is 2.25. The summed E-state index contributed by atoms with van der Waals surface area (Å²) in [5.41, 5.74) is 2.00. The molecule has 0 spiro atoms. The van der Waals surface area contributed by atoms with Crippen molar-refractivity contribution in [1.29, 1.82) is 5.26 Å². The SMILES string of the molecule is CC(C)N1CCN(Cc2cccc(C#N)c2)C[C@@H]1C. The third kappa shape index (κ3) is 3.56. The van der Waals surface area contributed by atoms with E-state index in [1.807, 2.05) is 18.2 Å². The van der Waals surface area contributed by atoms with Gasteiger partial charge in [-0.25, -0.2) is 0 Å². The summed E-state index contributed by atoms with van der Waals surface area (Å²) in [6, 6.07) is 11.4. The predicted molar refractivity (Wildman–Crippen MR) is 77.7 cm³/mol. The smallest absolute Gasteiger partial charge is 0.0991 e. The molecule has 1 fully saturated rings. The highest BCUT2D eigenvalue weighted by atomic mass is 15.3. The largest absolute Gasteiger partial charge is 0.296 e. The first-order valence-corrected chi connectivity index (χ1v) is 7.07. The van der Waals surface area contributed by atoms with Gasteiger partial charge in [-0.3, -0.25) is 9.80 Å². The molecule has 1 aliphatic heterocycles. The first kappa shape index (κ1) is 14.0. The Bertz CT molecular complexity index is 461. The van der Waals surface area contributed by atoms with Crippen molar-refractivity contribution in [3.8, 4) is 6.07 Å². The van der Waals surface area contributed by atoms with Gasteiger partial charge in [-0.05, 0) is 38.5 Å². The summed E-state index contributed by atoms with van der Waals surface area (Å²) in [7, 11) is 0. The van der Waals surface area contributed by atoms with Crippen LogP contribution < -0.4 is 0 Å². The number of hydrogen-bond acceptors (Lipinski definition) is 3. The predicted octanol–water partition coefficient (Wildman–Crippen LogP) is 2.47. The molecule has 19 heavy (non-hydrogen) atoms. The minimum absolute atomic E-state index is 0.605. The Morgan fingerprint density at radius 3 is 2.79 bits per heavy atom. The van der Waals surface area contributed by atoms with Gasteiger partial charge in [0, 0.05) is 38.3 Å². The number of nitriles is 1. The fourth-order valence-corrected chi connectivity index (χ4v) is 2.96. The van der Waals surface area contributed by atoms with Gasteiger partial charge in [0.1, 0.15) is 0 Å². The number of nitrogens with zero attached hydrogens (tertiary/aromatic N) is 3. The van der Waals surface area contributed by atoms with E-state index < -0.39 is 0 Å². The second-order valence-electron chi connectivity index (χ2n) is 5.73. The van der Waals surface area contributed by atoms with Crippen molar-refractivity contribution in [2.75, 3.05) is 19.6 Å². The van der Waals surface area contributed by atoms with E-state index in [9.17, 15) is 0 Å². The minimum Gasteiger partial charge on any atom is -0.296 e. The van der Waals surface area contributed by atoms with Gasteiger partial charge in [0.2, 0.25) is 0 Å². The molecule has 1 aromatic rings. The van der Waals surface area contributed by atoms with Crippen LogP contribution in [0.1, 0.15) is 31.9 Å². The van der Waals surface area contributed by atoms with Gasteiger partial charge in [0.15, 0.2) is 0 Å². The maximum atomic E-state index is 8.94. The average molecular weight is 257 g/mol. The molecular weight excluding hydrogens is 234 g/mol. The number of hydrogen-bond donors (Lipinski definition) is 0. The van der Waals surface area contributed by atoms with Crippen LogP contribution in [0.3, 0.4) is 0 Å². The summed E-state index contributed by atoms with van der Waals surface area (Å²) in [6.45, 7) is 11.1. The zero-order chi connectivity index (χ0) is 13.8. The van der Waals surface area contributed by atoms with Crippen LogP contribution in [0.15, 0.2) is 24.3 Å². The summed E-state index contributed by atoms with van der Waals surface area (Å²) >= 11 is 0. The first-order chi connectivity index (χ1) is 9.10. The molecule has 0 radical (unpaired) electrons. The first-order valence-electron chi connectivity index (χ1n) is 7.07. The maximum Gasteiger partial charge on any atom is 0.0991 e. The third-order valence-electron chi connectivity index (χ3n) is 3.89. The van der Waals surface area contributed by atoms with E-state index in [2.05, 4.69) is 42.7 Å². The Hall–Kier alpha value is -1.37. The van der Waals surface area contributed by atoms with E-state index in [-0.39, 0.29) is 0 Å². The van der Waals surface area contributed by atoms with Crippen molar-refractivity contribution >= 4 is 0 Å². The Balaban J connectivity index is 1.96. The molecule has 1 atom stereocenters. The van der Waals surface area contributed by atoms with Crippen molar-refractivity contribution < 1.29 is 0 Å². The summed E-state index contributed by atoms with van der Waals surface area (Å²) in [5.74, 6) is 0. The lowest BCUT2D eigenvalue weighted by Gasteiger charge is -2.42. The van der Waals surface area contributed by atoms with Gasteiger partial charge in [0.25, 0.3) is 0 Å². The average Bonchev–Trinajstić information content (AvgIpc) is 2.38. The molecule has 102 valence electrons. The van der Waals surface area contributed by atoms with Gasteiger partial charge < -0.3 is 0 Å². The second-order valence-corrected chi connectivity index (χ2v) is 5.73. The molecule has 3 heteroatoms. The van der Waals surface area contributed by atoms with Crippen LogP contribution in [-0.2, 0) is 6.54 Å². The normalized spacial score (nSPS) is 21.5. The molecule has 0 amide bonds. The van der Waals surface area contributed by atoms with Crippen molar-refractivity contribution in [3.05, 3.63) is 35.4 Å². The third-order valence-corrected chi connectivity index (χ3v) is 3.89. The molecule has 1 aromatic carbocycles. The molecule has 0 unspecified atom stereocenters.